The number of fused-ring (bicyclic) bond motifs is 5. The number of aliphatic hydroxyl groups excluding tert-OH is 1. The lowest BCUT2D eigenvalue weighted by molar-refractivity contribution is -0.346. The highest BCUT2D eigenvalue weighted by Gasteiger charge is 2.76. The van der Waals surface area contributed by atoms with Gasteiger partial charge < -0.3 is 44.3 Å². The minimum Gasteiger partial charge on any atom is -0.456 e. The van der Waals surface area contributed by atoms with E-state index in [0.717, 1.165) is 6.42 Å². The molecule has 13 nitrogen and oxygen atoms in total. The van der Waals surface area contributed by atoms with Crippen LogP contribution in [0.25, 0.3) is 0 Å². The molecule has 2 unspecified atom stereocenters. The van der Waals surface area contributed by atoms with E-state index in [9.17, 15) is 29.7 Å². The quantitative estimate of drug-likeness (QED) is 0.0913. The van der Waals surface area contributed by atoms with Gasteiger partial charge in [-0.15, -0.1) is 0 Å². The molecule has 7 rings (SSSR count). The van der Waals surface area contributed by atoms with E-state index in [1.807, 2.05) is 6.92 Å². The molecule has 2 bridgehead atoms. The predicted molar refractivity (Wildman–Crippen MR) is 227 cm³/mol. The van der Waals surface area contributed by atoms with E-state index in [0.29, 0.717) is 23.1 Å². The standard InChI is InChI=1S/C49H59NO12/c1-7-9-25-59-34-26-35-48(56,28-60-35)40-42(62-44(54)32-23-17-12-18-24-32)49(57)27-33(29(3)36(46(49,4)5)38(51)41(52)47(34,40)6)61-45(55)39(58-8-2)37(30-19-13-10-14-20-30)50-43(53)31-21-15-11-16-22-31/h10-24,33-35,37-40,42,51,56-57H,7-9,25-28H2,1-6H3,(H,50,53)/t33-,34-,35?,37-,38+,39+,40-,42-,47?,48-,49+/m0/s1. The topological polar surface area (TPSA) is 187 Å². The van der Waals surface area contributed by atoms with Crippen molar-refractivity contribution in [3.8, 4) is 0 Å². The number of rotatable bonds is 14. The average molecular weight is 854 g/mol. The maximum absolute atomic E-state index is 15.3. The molecule has 0 radical (unpaired) electrons. The summed E-state index contributed by atoms with van der Waals surface area (Å²) in [5, 5.41) is 41.8. The van der Waals surface area contributed by atoms with Gasteiger partial charge in [-0.05, 0) is 68.2 Å². The largest absolute Gasteiger partial charge is 0.456 e. The van der Waals surface area contributed by atoms with E-state index in [1.54, 1.807) is 126 Å². The Hall–Kier alpha value is -4.76. The molecular weight excluding hydrogens is 795 g/mol. The van der Waals surface area contributed by atoms with Gasteiger partial charge in [-0.3, -0.25) is 9.59 Å². The molecule has 1 amide bonds. The van der Waals surface area contributed by atoms with Crippen molar-refractivity contribution in [2.75, 3.05) is 19.8 Å². The van der Waals surface area contributed by atoms with Crippen LogP contribution in [0.2, 0.25) is 0 Å². The Kier molecular flexibility index (Phi) is 13.0. The van der Waals surface area contributed by atoms with Gasteiger partial charge in [-0.25, -0.2) is 9.59 Å². The van der Waals surface area contributed by atoms with Crippen molar-refractivity contribution < 1.29 is 58.2 Å². The van der Waals surface area contributed by atoms with Crippen LogP contribution in [-0.2, 0) is 33.3 Å². The number of Topliss-reactive ketones (excluding diaryl/α,β-unsaturated/α-hetero) is 1. The molecule has 1 heterocycles. The van der Waals surface area contributed by atoms with Gasteiger partial charge in [0.05, 0.1) is 35.8 Å². The van der Waals surface area contributed by atoms with E-state index in [2.05, 4.69) is 5.32 Å². The number of unbranched alkanes of at least 4 members (excludes halogenated alkanes) is 1. The maximum Gasteiger partial charge on any atom is 0.338 e. The summed E-state index contributed by atoms with van der Waals surface area (Å²) in [4.78, 5) is 58.0. The third-order valence-electron chi connectivity index (χ3n) is 14.0. The van der Waals surface area contributed by atoms with E-state index >= 15 is 4.79 Å². The molecule has 3 aromatic carbocycles. The number of ether oxygens (including phenoxy) is 5. The maximum atomic E-state index is 15.3. The Balaban J connectivity index is 1.35. The number of ketones is 1. The van der Waals surface area contributed by atoms with Crippen LogP contribution >= 0.6 is 0 Å². The summed E-state index contributed by atoms with van der Waals surface area (Å²) in [7, 11) is 0. The summed E-state index contributed by atoms with van der Waals surface area (Å²) < 4.78 is 31.3. The van der Waals surface area contributed by atoms with Gasteiger partial charge in [0.1, 0.15) is 29.5 Å². The molecule has 3 fully saturated rings. The van der Waals surface area contributed by atoms with Crippen molar-refractivity contribution in [1.82, 2.24) is 5.32 Å². The lowest BCUT2D eigenvalue weighted by Gasteiger charge is -2.67. The van der Waals surface area contributed by atoms with Crippen molar-refractivity contribution in [2.45, 2.75) is 121 Å². The first-order valence-corrected chi connectivity index (χ1v) is 21.6. The fourth-order valence-electron chi connectivity index (χ4n) is 10.5. The van der Waals surface area contributed by atoms with Crippen molar-refractivity contribution in [1.29, 1.82) is 0 Å². The molecule has 3 aromatic rings. The first kappa shape index (κ1) is 45.3. The molecule has 62 heavy (non-hydrogen) atoms. The van der Waals surface area contributed by atoms with E-state index < -0.39 is 94.2 Å². The van der Waals surface area contributed by atoms with Crippen LogP contribution < -0.4 is 5.32 Å². The fourth-order valence-corrected chi connectivity index (χ4v) is 10.5. The molecule has 4 aliphatic rings. The second kappa shape index (κ2) is 17.8. The van der Waals surface area contributed by atoms with Crippen LogP contribution in [-0.4, -0.2) is 107 Å². The van der Waals surface area contributed by atoms with Gasteiger partial charge >= 0.3 is 11.9 Å². The van der Waals surface area contributed by atoms with Gasteiger partial charge in [0.25, 0.3) is 5.91 Å². The number of carbonyl (C=O) groups is 4. The zero-order valence-corrected chi connectivity index (χ0v) is 36.2. The summed E-state index contributed by atoms with van der Waals surface area (Å²) in [6.45, 7) is 10.4. The summed E-state index contributed by atoms with van der Waals surface area (Å²) in [6.07, 6.45) is -6.75. The minimum atomic E-state index is -2.21. The van der Waals surface area contributed by atoms with Crippen LogP contribution in [0.1, 0.15) is 99.5 Å². The normalized spacial score (nSPS) is 32.1. The Morgan fingerprint density at radius 1 is 0.887 bits per heavy atom. The Bertz CT molecular complexity index is 2140. The number of carbonyl (C=O) groups excluding carboxylic acids is 4. The molecule has 332 valence electrons. The van der Waals surface area contributed by atoms with Crippen LogP contribution in [0.5, 0.6) is 0 Å². The molecule has 1 saturated heterocycles. The molecule has 0 aromatic heterocycles. The first-order valence-electron chi connectivity index (χ1n) is 21.6. The van der Waals surface area contributed by atoms with Crippen molar-refractivity contribution >= 4 is 23.6 Å². The van der Waals surface area contributed by atoms with Gasteiger partial charge in [0.2, 0.25) is 0 Å². The zero-order chi connectivity index (χ0) is 44.6. The van der Waals surface area contributed by atoms with Crippen molar-refractivity contribution in [3.05, 3.63) is 119 Å². The van der Waals surface area contributed by atoms with Crippen molar-refractivity contribution in [3.63, 3.8) is 0 Å². The number of amides is 1. The highest BCUT2D eigenvalue weighted by atomic mass is 16.6. The van der Waals surface area contributed by atoms with Gasteiger partial charge in [-0.1, -0.05) is 93.9 Å². The van der Waals surface area contributed by atoms with Crippen molar-refractivity contribution in [2.24, 2.45) is 16.7 Å². The number of esters is 2. The molecule has 11 atom stereocenters. The molecule has 3 aliphatic carbocycles. The number of aliphatic hydroxyl groups is 3. The molecule has 2 saturated carbocycles. The number of benzene rings is 3. The lowest BCUT2D eigenvalue weighted by atomic mass is 9.44. The van der Waals surface area contributed by atoms with Gasteiger partial charge in [0, 0.05) is 43.0 Å². The van der Waals surface area contributed by atoms with E-state index in [4.69, 9.17) is 23.7 Å². The first-order chi connectivity index (χ1) is 29.5. The van der Waals surface area contributed by atoms with Gasteiger partial charge in [0.15, 0.2) is 11.9 Å². The van der Waals surface area contributed by atoms with E-state index in [-0.39, 0.29) is 43.8 Å². The summed E-state index contributed by atoms with van der Waals surface area (Å²) in [5.41, 5.74) is -5.78. The fraction of sp³-hybridized carbons (Fsp3) is 0.510. The van der Waals surface area contributed by atoms with Crippen LogP contribution in [0, 0.1) is 16.7 Å². The molecule has 4 N–H and O–H groups in total. The number of nitrogens with one attached hydrogen (secondary N) is 1. The van der Waals surface area contributed by atoms with E-state index in [1.165, 1.54) is 0 Å². The SMILES string of the molecule is CCCCO[C@H]1CC2OC[C@@]2(O)[C@H]2[C@H](OC(=O)c3ccccc3)[C@]3(O)C[C@H](OC(=O)[C@H](OCC)[C@@H](NC(=O)c4ccccc4)c4ccccc4)C(C)=C([C@@H](O)C(=O)C12C)C3(C)C. The summed E-state index contributed by atoms with van der Waals surface area (Å²) in [6, 6.07) is 24.5. The Morgan fingerprint density at radius 2 is 1.50 bits per heavy atom. The summed E-state index contributed by atoms with van der Waals surface area (Å²) >= 11 is 0. The zero-order valence-electron chi connectivity index (χ0n) is 36.2. The molecule has 1 aliphatic heterocycles. The highest BCUT2D eigenvalue weighted by Crippen LogP contribution is 2.63. The smallest absolute Gasteiger partial charge is 0.338 e. The van der Waals surface area contributed by atoms with Crippen LogP contribution in [0.15, 0.2) is 102 Å². The third-order valence-corrected chi connectivity index (χ3v) is 14.0. The monoisotopic (exact) mass is 853 g/mol. The Morgan fingerprint density at radius 3 is 2.08 bits per heavy atom. The lowest BCUT2D eigenvalue weighted by Crippen LogP contribution is -2.81. The molecule has 0 spiro atoms. The minimum absolute atomic E-state index is 0.0559. The average Bonchev–Trinajstić information content (AvgIpc) is 3.26. The number of hydrogen-bond donors (Lipinski definition) is 4. The Labute approximate surface area is 362 Å². The molecule has 13 heteroatoms. The van der Waals surface area contributed by atoms with Gasteiger partial charge in [-0.2, -0.15) is 0 Å². The predicted octanol–water partition coefficient (Wildman–Crippen LogP) is 5.46. The second-order valence-corrected chi connectivity index (χ2v) is 17.8. The highest BCUT2D eigenvalue weighted by molar-refractivity contribution is 5.95. The number of hydrogen-bond acceptors (Lipinski definition) is 12. The van der Waals surface area contributed by atoms with Crippen LogP contribution in [0.3, 0.4) is 0 Å². The second-order valence-electron chi connectivity index (χ2n) is 17.8. The summed E-state index contributed by atoms with van der Waals surface area (Å²) in [5.74, 6) is -4.23. The third kappa shape index (κ3) is 7.70. The van der Waals surface area contributed by atoms with Crippen LogP contribution in [0.4, 0.5) is 0 Å². The molecular formula is C49H59NO12.